The molecule has 12 nitrogen and oxygen atoms in total. The summed E-state index contributed by atoms with van der Waals surface area (Å²) in [5.74, 6) is -1.74. The van der Waals surface area contributed by atoms with E-state index in [4.69, 9.17) is 4.74 Å². The zero-order valence-electron chi connectivity index (χ0n) is 32.6. The molecule has 0 radical (unpaired) electrons. The Morgan fingerprint density at radius 3 is 1.86 bits per heavy atom. The van der Waals surface area contributed by atoms with E-state index in [1.165, 1.54) is 11.8 Å². The monoisotopic (exact) mass is 735 g/mol. The number of carbonyl (C=O) groups is 5. The highest BCUT2D eigenvalue weighted by Crippen LogP contribution is 2.18. The number of hydrogen-bond donors (Lipinski definition) is 6. The van der Waals surface area contributed by atoms with Crippen LogP contribution in [0.3, 0.4) is 0 Å². The van der Waals surface area contributed by atoms with Gasteiger partial charge < -0.3 is 36.4 Å². The summed E-state index contributed by atoms with van der Waals surface area (Å²) in [5.41, 5.74) is 0.194. The predicted octanol–water partition coefficient (Wildman–Crippen LogP) is 4.54. The van der Waals surface area contributed by atoms with Gasteiger partial charge in [-0.2, -0.15) is 11.8 Å². The van der Waals surface area contributed by atoms with Crippen LogP contribution in [0, 0.1) is 23.7 Å². The lowest BCUT2D eigenvalue weighted by Gasteiger charge is -2.30. The molecular weight excluding hydrogens is 671 g/mol. The third-order valence-corrected chi connectivity index (χ3v) is 8.72. The second-order valence-electron chi connectivity index (χ2n) is 15.6. The predicted molar refractivity (Wildman–Crippen MR) is 204 cm³/mol. The zero-order chi connectivity index (χ0) is 38.9. The van der Waals surface area contributed by atoms with E-state index in [2.05, 4.69) is 26.6 Å². The Kier molecular flexibility index (Phi) is 20.2. The van der Waals surface area contributed by atoms with E-state index in [0.29, 0.717) is 31.6 Å². The Bertz CT molecular complexity index is 1240. The van der Waals surface area contributed by atoms with Crippen molar-refractivity contribution < 1.29 is 33.8 Å². The number of aliphatic hydroxyl groups excluding tert-OH is 1. The van der Waals surface area contributed by atoms with Crippen LogP contribution in [0.15, 0.2) is 30.3 Å². The highest BCUT2D eigenvalue weighted by molar-refractivity contribution is 7.98. The Morgan fingerprint density at radius 1 is 0.745 bits per heavy atom. The lowest BCUT2D eigenvalue weighted by molar-refractivity contribution is -0.133. The molecule has 13 heteroatoms. The van der Waals surface area contributed by atoms with Gasteiger partial charge in [-0.15, -0.1) is 0 Å². The van der Waals surface area contributed by atoms with Gasteiger partial charge in [0, 0.05) is 12.5 Å². The minimum Gasteiger partial charge on any atom is -0.444 e. The number of carbonyl (C=O) groups excluding carboxylic acids is 5. The minimum atomic E-state index is -1.08. The van der Waals surface area contributed by atoms with E-state index < -0.39 is 59.7 Å². The van der Waals surface area contributed by atoms with Crippen LogP contribution >= 0.6 is 11.8 Å². The molecule has 6 N–H and O–H groups in total. The summed E-state index contributed by atoms with van der Waals surface area (Å²) < 4.78 is 5.36. The molecule has 0 aliphatic rings. The second-order valence-corrected chi connectivity index (χ2v) is 16.5. The summed E-state index contributed by atoms with van der Waals surface area (Å²) in [5, 5.41) is 25.5. The largest absolute Gasteiger partial charge is 0.444 e. The van der Waals surface area contributed by atoms with Crippen molar-refractivity contribution in [2.24, 2.45) is 23.7 Å². The van der Waals surface area contributed by atoms with E-state index in [1.54, 1.807) is 27.7 Å². The van der Waals surface area contributed by atoms with Crippen LogP contribution in [0.5, 0.6) is 0 Å². The van der Waals surface area contributed by atoms with Crippen LogP contribution in [-0.4, -0.2) is 82.7 Å². The Balaban J connectivity index is 3.03. The maximum absolute atomic E-state index is 13.7. The van der Waals surface area contributed by atoms with Gasteiger partial charge in [-0.05, 0) is 81.8 Å². The fourth-order valence-corrected chi connectivity index (χ4v) is 5.86. The van der Waals surface area contributed by atoms with Crippen LogP contribution in [0.25, 0.3) is 0 Å². The van der Waals surface area contributed by atoms with Gasteiger partial charge in [0.1, 0.15) is 23.7 Å². The topological polar surface area (TPSA) is 175 Å². The molecule has 0 saturated carbocycles. The molecule has 5 amide bonds. The van der Waals surface area contributed by atoms with Gasteiger partial charge in [-0.3, -0.25) is 19.2 Å². The van der Waals surface area contributed by atoms with Crippen LogP contribution < -0.4 is 26.6 Å². The van der Waals surface area contributed by atoms with Crippen molar-refractivity contribution in [2.75, 3.05) is 12.0 Å². The molecule has 1 aromatic rings. The van der Waals surface area contributed by atoms with Crippen molar-refractivity contribution in [3.05, 3.63) is 35.9 Å². The first-order valence-electron chi connectivity index (χ1n) is 18.1. The van der Waals surface area contributed by atoms with Crippen molar-refractivity contribution >= 4 is 41.5 Å². The first kappa shape index (κ1) is 45.7. The number of benzene rings is 1. The third-order valence-electron chi connectivity index (χ3n) is 8.07. The summed E-state index contributed by atoms with van der Waals surface area (Å²) in [6, 6.07) is 6.18. The molecule has 290 valence electrons. The van der Waals surface area contributed by atoms with Gasteiger partial charge in [0.25, 0.3) is 0 Å². The maximum atomic E-state index is 13.7. The summed E-state index contributed by atoms with van der Waals surface area (Å²) in [6.45, 7) is 18.7. The lowest BCUT2D eigenvalue weighted by atomic mass is 9.91. The first-order valence-corrected chi connectivity index (χ1v) is 19.5. The molecule has 6 atom stereocenters. The average molecular weight is 736 g/mol. The first-order chi connectivity index (χ1) is 23.7. The Morgan fingerprint density at radius 2 is 1.33 bits per heavy atom. The van der Waals surface area contributed by atoms with E-state index >= 15 is 0 Å². The van der Waals surface area contributed by atoms with Crippen molar-refractivity contribution in [2.45, 2.75) is 137 Å². The SMILES string of the molecule is CSCC[C@H](NC(=O)[C@H](CC(C)C)NC(=O)OC(C)(C)C)C(=O)N[C@@H](CC(C)C)[C@H](O)C[C@H](C)C(=O)N[C@H](C(=O)NCc1ccccc1)C(C)C. The second kappa shape index (κ2) is 22.6. The molecule has 0 aliphatic carbocycles. The zero-order valence-corrected chi connectivity index (χ0v) is 33.4. The standard InChI is InChI=1S/C38H65N5O7S/c1-23(2)19-29(31(44)21-26(7)33(45)43-32(25(5)6)36(48)39-22-27-15-13-12-14-16-27)41-34(46)28(17-18-51-11)40-35(47)30(20-24(3)4)42-37(49)50-38(8,9)10/h12-16,23-26,28-32,44H,17-22H2,1-11H3,(H,39,48)(H,40,47)(H,41,46)(H,42,49)(H,43,45)/t26-,28-,29-,30-,31+,32-/m0/s1. The number of amides is 5. The maximum Gasteiger partial charge on any atom is 0.408 e. The average Bonchev–Trinajstić information content (AvgIpc) is 3.02. The molecule has 0 bridgehead atoms. The number of nitrogens with one attached hydrogen (secondary N) is 5. The summed E-state index contributed by atoms with van der Waals surface area (Å²) in [7, 11) is 0. The van der Waals surface area contributed by atoms with Crippen molar-refractivity contribution in [1.82, 2.24) is 26.6 Å². The molecule has 0 aliphatic heterocycles. The van der Waals surface area contributed by atoms with Gasteiger partial charge in [0.15, 0.2) is 0 Å². The highest BCUT2D eigenvalue weighted by atomic mass is 32.2. The van der Waals surface area contributed by atoms with Crippen LogP contribution in [0.1, 0.15) is 100 Å². The Labute approximate surface area is 310 Å². The quantitative estimate of drug-likeness (QED) is 0.107. The molecule has 1 rings (SSSR count). The molecule has 0 unspecified atom stereocenters. The number of thioether (sulfide) groups is 1. The molecule has 1 aromatic carbocycles. The molecular formula is C38H65N5O7S. The smallest absolute Gasteiger partial charge is 0.408 e. The van der Waals surface area contributed by atoms with Crippen molar-refractivity contribution in [1.29, 1.82) is 0 Å². The summed E-state index contributed by atoms with van der Waals surface area (Å²) in [6.07, 6.45) is 1.22. The van der Waals surface area contributed by atoms with E-state index in [-0.39, 0.29) is 36.0 Å². The van der Waals surface area contributed by atoms with Crippen molar-refractivity contribution in [3.8, 4) is 0 Å². The van der Waals surface area contributed by atoms with Crippen LogP contribution in [0.4, 0.5) is 4.79 Å². The van der Waals surface area contributed by atoms with Gasteiger partial charge in [-0.25, -0.2) is 4.79 Å². The third kappa shape index (κ3) is 18.7. The number of aliphatic hydroxyl groups is 1. The fourth-order valence-electron chi connectivity index (χ4n) is 5.39. The van der Waals surface area contributed by atoms with Gasteiger partial charge in [0.2, 0.25) is 23.6 Å². The normalized spacial score (nSPS) is 15.3. The van der Waals surface area contributed by atoms with E-state index in [1.807, 2.05) is 78.1 Å². The van der Waals surface area contributed by atoms with Crippen LogP contribution in [0.2, 0.25) is 0 Å². The molecule has 51 heavy (non-hydrogen) atoms. The summed E-state index contributed by atoms with van der Waals surface area (Å²) >= 11 is 1.53. The molecule has 0 heterocycles. The van der Waals surface area contributed by atoms with Crippen LogP contribution in [-0.2, 0) is 30.5 Å². The highest BCUT2D eigenvalue weighted by Gasteiger charge is 2.33. The van der Waals surface area contributed by atoms with E-state index in [9.17, 15) is 29.1 Å². The van der Waals surface area contributed by atoms with E-state index in [0.717, 1.165) is 5.56 Å². The van der Waals surface area contributed by atoms with Crippen molar-refractivity contribution in [3.63, 3.8) is 0 Å². The molecule has 0 saturated heterocycles. The van der Waals surface area contributed by atoms with Gasteiger partial charge in [-0.1, -0.05) is 78.8 Å². The molecule has 0 fully saturated rings. The fraction of sp³-hybridized carbons (Fsp3) is 0.711. The van der Waals surface area contributed by atoms with Gasteiger partial charge in [0.05, 0.1) is 12.1 Å². The number of hydrogen-bond acceptors (Lipinski definition) is 8. The Hall–Kier alpha value is -3.32. The number of rotatable bonds is 21. The number of alkyl carbamates (subject to hydrolysis) is 1. The summed E-state index contributed by atoms with van der Waals surface area (Å²) in [4.78, 5) is 66.1. The molecule has 0 aromatic heterocycles. The van der Waals surface area contributed by atoms with Gasteiger partial charge >= 0.3 is 6.09 Å². The number of ether oxygens (including phenoxy) is 1. The minimum absolute atomic E-state index is 0.0397. The molecule has 0 spiro atoms. The lowest BCUT2D eigenvalue weighted by Crippen LogP contribution is -2.57.